The Bertz CT molecular complexity index is 609. The van der Waals surface area contributed by atoms with Crippen LogP contribution in [0.15, 0.2) is 0 Å². The third-order valence-corrected chi connectivity index (χ3v) is 10.4. The van der Waals surface area contributed by atoms with Crippen LogP contribution in [0.25, 0.3) is 0 Å². The zero-order valence-electron chi connectivity index (χ0n) is 18.2. The van der Waals surface area contributed by atoms with Crippen LogP contribution < -0.4 is 11.5 Å². The third-order valence-electron chi connectivity index (χ3n) is 10.4. The number of hydrogen-bond acceptors (Lipinski definition) is 3. The Morgan fingerprint density at radius 3 is 2.43 bits per heavy atom. The SMILES string of the molecule is C[C@H](CCC(=O)O)[C@H]1CC[C@H]2[C@@H]3[C@H](N)C[C@H]4C[C@H](N)CC[C@]4(C)[C@H]3CC[C@]12C. The van der Waals surface area contributed by atoms with E-state index < -0.39 is 5.97 Å². The van der Waals surface area contributed by atoms with Crippen LogP contribution in [0.2, 0.25) is 0 Å². The largest absolute Gasteiger partial charge is 0.481 e. The zero-order chi connectivity index (χ0) is 20.3. The lowest BCUT2D eigenvalue weighted by molar-refractivity contribution is -0.138. The summed E-state index contributed by atoms with van der Waals surface area (Å²) in [6.07, 6.45) is 11.1. The van der Waals surface area contributed by atoms with Gasteiger partial charge in [0.05, 0.1) is 0 Å². The molecule has 0 radical (unpaired) electrons. The summed E-state index contributed by atoms with van der Waals surface area (Å²) in [5, 5.41) is 9.12. The molecule has 0 unspecified atom stereocenters. The van der Waals surface area contributed by atoms with Crippen molar-refractivity contribution in [3.63, 3.8) is 0 Å². The zero-order valence-corrected chi connectivity index (χ0v) is 18.2. The van der Waals surface area contributed by atoms with Crippen LogP contribution in [0, 0.1) is 46.3 Å². The predicted molar refractivity (Wildman–Crippen MR) is 113 cm³/mol. The van der Waals surface area contributed by atoms with E-state index in [0.717, 1.165) is 24.7 Å². The molecule has 28 heavy (non-hydrogen) atoms. The number of carbonyl (C=O) groups is 1. The molecule has 0 aromatic heterocycles. The van der Waals surface area contributed by atoms with Gasteiger partial charge in [0.2, 0.25) is 0 Å². The fraction of sp³-hybridized carbons (Fsp3) is 0.958. The maximum absolute atomic E-state index is 11.1. The molecule has 10 atom stereocenters. The summed E-state index contributed by atoms with van der Waals surface area (Å²) in [6.45, 7) is 7.40. The fourth-order valence-corrected chi connectivity index (χ4v) is 8.88. The van der Waals surface area contributed by atoms with Gasteiger partial charge in [-0.15, -0.1) is 0 Å². The smallest absolute Gasteiger partial charge is 0.303 e. The molecule has 4 saturated carbocycles. The summed E-state index contributed by atoms with van der Waals surface area (Å²) in [7, 11) is 0. The van der Waals surface area contributed by atoms with Gasteiger partial charge >= 0.3 is 5.97 Å². The van der Waals surface area contributed by atoms with Gasteiger partial charge in [-0.2, -0.15) is 0 Å². The number of hydrogen-bond donors (Lipinski definition) is 3. The summed E-state index contributed by atoms with van der Waals surface area (Å²) in [5.41, 5.74) is 14.0. The van der Waals surface area contributed by atoms with Gasteiger partial charge in [-0.25, -0.2) is 0 Å². The van der Waals surface area contributed by atoms with Crippen molar-refractivity contribution in [3.05, 3.63) is 0 Å². The van der Waals surface area contributed by atoms with Gasteiger partial charge in [0, 0.05) is 18.5 Å². The fourth-order valence-electron chi connectivity index (χ4n) is 8.88. The molecule has 0 saturated heterocycles. The maximum atomic E-state index is 11.1. The minimum atomic E-state index is -0.654. The third kappa shape index (κ3) is 3.14. The van der Waals surface area contributed by atoms with E-state index in [0.29, 0.717) is 53.0 Å². The number of rotatable bonds is 4. The van der Waals surface area contributed by atoms with Crippen molar-refractivity contribution in [1.29, 1.82) is 0 Å². The van der Waals surface area contributed by atoms with E-state index in [2.05, 4.69) is 20.8 Å². The molecule has 0 aromatic carbocycles. The van der Waals surface area contributed by atoms with E-state index in [1.165, 1.54) is 44.9 Å². The van der Waals surface area contributed by atoms with Crippen LogP contribution in [-0.2, 0) is 4.79 Å². The van der Waals surface area contributed by atoms with Crippen LogP contribution in [0.3, 0.4) is 0 Å². The molecule has 5 N–H and O–H groups in total. The highest BCUT2D eigenvalue weighted by Crippen LogP contribution is 2.68. The van der Waals surface area contributed by atoms with Crippen LogP contribution >= 0.6 is 0 Å². The monoisotopic (exact) mass is 390 g/mol. The van der Waals surface area contributed by atoms with Crippen LogP contribution in [-0.4, -0.2) is 23.2 Å². The maximum Gasteiger partial charge on any atom is 0.303 e. The quantitative estimate of drug-likeness (QED) is 0.663. The molecular formula is C24H42N2O2. The summed E-state index contributed by atoms with van der Waals surface area (Å²) < 4.78 is 0. The molecule has 0 heterocycles. The first-order valence-corrected chi connectivity index (χ1v) is 11.9. The molecule has 4 nitrogen and oxygen atoms in total. The number of carboxylic acid groups (broad SMARTS) is 1. The second-order valence-corrected chi connectivity index (χ2v) is 11.6. The van der Waals surface area contributed by atoms with Gasteiger partial charge in [-0.05, 0) is 104 Å². The lowest BCUT2D eigenvalue weighted by Gasteiger charge is -2.63. The Balaban J connectivity index is 1.55. The molecule has 4 aliphatic rings. The Kier molecular flexibility index (Phi) is 5.36. The second-order valence-electron chi connectivity index (χ2n) is 11.6. The number of carboxylic acids is 1. The highest BCUT2D eigenvalue weighted by atomic mass is 16.4. The number of nitrogens with two attached hydrogens (primary N) is 2. The van der Waals surface area contributed by atoms with Gasteiger partial charge in [0.25, 0.3) is 0 Å². The number of fused-ring (bicyclic) bond motifs is 5. The van der Waals surface area contributed by atoms with Crippen molar-refractivity contribution in [2.45, 2.75) is 97.1 Å². The predicted octanol–water partition coefficient (Wildman–Crippen LogP) is 4.41. The molecular weight excluding hydrogens is 348 g/mol. The van der Waals surface area contributed by atoms with Crippen LogP contribution in [0.4, 0.5) is 0 Å². The van der Waals surface area contributed by atoms with Crippen molar-refractivity contribution in [2.24, 2.45) is 57.8 Å². The normalized spacial score (nSPS) is 51.7. The first kappa shape index (κ1) is 20.7. The average Bonchev–Trinajstić information content (AvgIpc) is 2.98. The lowest BCUT2D eigenvalue weighted by Crippen LogP contribution is -2.61. The summed E-state index contributed by atoms with van der Waals surface area (Å²) in [6, 6.07) is 0.702. The molecule has 0 aliphatic heterocycles. The van der Waals surface area contributed by atoms with E-state index in [4.69, 9.17) is 16.6 Å². The van der Waals surface area contributed by atoms with Crippen molar-refractivity contribution in [2.75, 3.05) is 0 Å². The van der Waals surface area contributed by atoms with Gasteiger partial charge in [0.1, 0.15) is 0 Å². The standard InChI is InChI=1S/C24H42N2O2/c1-14(4-7-21(27)28)17-5-6-18-22-19(9-11-24(17,18)3)23(2)10-8-16(25)12-15(23)13-20(22)26/h14-20,22H,4-13,25-26H2,1-3H3,(H,27,28)/t14-,15-,16-,17-,18+,19+,20-,22+,23+,24-/m1/s1. The van der Waals surface area contributed by atoms with Crippen molar-refractivity contribution in [1.82, 2.24) is 0 Å². The first-order valence-electron chi connectivity index (χ1n) is 11.9. The van der Waals surface area contributed by atoms with Crippen molar-refractivity contribution < 1.29 is 9.90 Å². The van der Waals surface area contributed by atoms with E-state index in [-0.39, 0.29) is 0 Å². The first-order chi connectivity index (χ1) is 13.2. The van der Waals surface area contributed by atoms with Gasteiger partial charge in [0.15, 0.2) is 0 Å². The van der Waals surface area contributed by atoms with Gasteiger partial charge in [-0.1, -0.05) is 20.8 Å². The summed E-state index contributed by atoms with van der Waals surface area (Å²) in [5.74, 6) is 3.37. The topological polar surface area (TPSA) is 89.3 Å². The lowest BCUT2D eigenvalue weighted by atomic mass is 9.43. The molecule has 0 amide bonds. The van der Waals surface area contributed by atoms with Crippen molar-refractivity contribution >= 4 is 5.97 Å². The van der Waals surface area contributed by atoms with Crippen molar-refractivity contribution in [3.8, 4) is 0 Å². The molecule has 4 fully saturated rings. The van der Waals surface area contributed by atoms with Gasteiger partial charge in [-0.3, -0.25) is 4.79 Å². The molecule has 4 rings (SSSR count). The molecule has 4 heteroatoms. The Morgan fingerprint density at radius 2 is 1.71 bits per heavy atom. The Hall–Kier alpha value is -0.610. The molecule has 4 aliphatic carbocycles. The molecule has 0 bridgehead atoms. The average molecular weight is 391 g/mol. The van der Waals surface area contributed by atoms with E-state index in [1.54, 1.807) is 0 Å². The highest BCUT2D eigenvalue weighted by Gasteiger charge is 2.62. The van der Waals surface area contributed by atoms with E-state index in [9.17, 15) is 4.79 Å². The Labute approximate surface area is 171 Å². The van der Waals surface area contributed by atoms with E-state index in [1.807, 2.05) is 0 Å². The van der Waals surface area contributed by atoms with Crippen LogP contribution in [0.1, 0.15) is 85.0 Å². The minimum Gasteiger partial charge on any atom is -0.481 e. The Morgan fingerprint density at radius 1 is 1.04 bits per heavy atom. The van der Waals surface area contributed by atoms with Gasteiger partial charge < -0.3 is 16.6 Å². The minimum absolute atomic E-state index is 0.310. The summed E-state index contributed by atoms with van der Waals surface area (Å²) in [4.78, 5) is 11.1. The molecule has 160 valence electrons. The highest BCUT2D eigenvalue weighted by molar-refractivity contribution is 5.66. The molecule has 0 spiro atoms. The summed E-state index contributed by atoms with van der Waals surface area (Å²) >= 11 is 0. The van der Waals surface area contributed by atoms with E-state index >= 15 is 0 Å². The molecule has 0 aromatic rings. The van der Waals surface area contributed by atoms with Crippen LogP contribution in [0.5, 0.6) is 0 Å². The number of aliphatic carboxylic acids is 1. The second kappa shape index (κ2) is 7.27.